The number of rotatable bonds is 18. The Bertz CT molecular complexity index is 1870. The number of amides is 6. The van der Waals surface area contributed by atoms with Crippen molar-refractivity contribution in [2.45, 2.75) is 115 Å². The molecule has 2 aliphatic rings. The van der Waals surface area contributed by atoms with Crippen LogP contribution in [-0.2, 0) is 33.5 Å². The summed E-state index contributed by atoms with van der Waals surface area (Å²) in [7, 11) is 2.80. The number of likely N-dealkylation sites (tertiary alicyclic amines) is 1. The van der Waals surface area contributed by atoms with Crippen molar-refractivity contribution in [1.82, 2.24) is 26.2 Å². The second kappa shape index (κ2) is 21.0. The molecule has 1 aliphatic carbocycles. The first kappa shape index (κ1) is 47.0. The lowest BCUT2D eigenvalue weighted by molar-refractivity contribution is -0.143. The van der Waals surface area contributed by atoms with Crippen LogP contribution >= 0.6 is 0 Å². The van der Waals surface area contributed by atoms with Crippen LogP contribution in [0.3, 0.4) is 0 Å². The van der Waals surface area contributed by atoms with Gasteiger partial charge in [-0.05, 0) is 75.8 Å². The molecule has 5 unspecified atom stereocenters. The Balaban J connectivity index is 1.51. The molecular formula is C42H56F2N6O10. The molecule has 1 aliphatic heterocycles. The van der Waals surface area contributed by atoms with Crippen LogP contribution in [0.25, 0.3) is 0 Å². The third kappa shape index (κ3) is 12.4. The third-order valence-corrected chi connectivity index (χ3v) is 10.4. The van der Waals surface area contributed by atoms with Crippen LogP contribution in [0.15, 0.2) is 36.4 Å². The first-order valence-electron chi connectivity index (χ1n) is 20.0. The van der Waals surface area contributed by atoms with Gasteiger partial charge in [0.25, 0.3) is 11.8 Å². The van der Waals surface area contributed by atoms with Gasteiger partial charge in [-0.3, -0.25) is 33.6 Å². The Labute approximate surface area is 348 Å². The van der Waals surface area contributed by atoms with Crippen molar-refractivity contribution >= 4 is 41.2 Å². The Hall–Kier alpha value is -5.65. The highest BCUT2D eigenvalue weighted by Gasteiger charge is 2.46. The Kier molecular flexibility index (Phi) is 16.5. The van der Waals surface area contributed by atoms with Gasteiger partial charge in [0, 0.05) is 19.0 Å². The summed E-state index contributed by atoms with van der Waals surface area (Å²) in [5, 5.41) is 9.83. The number of nitrogens with zero attached hydrogens (tertiary/aromatic N) is 1. The molecule has 328 valence electrons. The van der Waals surface area contributed by atoms with Gasteiger partial charge in [0.1, 0.15) is 46.8 Å². The summed E-state index contributed by atoms with van der Waals surface area (Å²) in [6.07, 6.45) is 3.22. The van der Waals surface area contributed by atoms with Crippen LogP contribution in [-0.4, -0.2) is 103 Å². The molecule has 4 rings (SSSR count). The highest BCUT2D eigenvalue weighted by molar-refractivity contribution is 6.38. The minimum atomic E-state index is -1.37. The molecule has 16 nitrogen and oxygen atoms in total. The molecule has 2 fully saturated rings. The molecule has 6 amide bonds. The average Bonchev–Trinajstić information content (AvgIpc) is 3.62. The van der Waals surface area contributed by atoms with Crippen molar-refractivity contribution in [2.24, 2.45) is 11.7 Å². The van der Waals surface area contributed by atoms with Crippen LogP contribution in [0.1, 0.15) is 101 Å². The van der Waals surface area contributed by atoms with Crippen molar-refractivity contribution in [3.05, 3.63) is 59.2 Å². The predicted molar refractivity (Wildman–Crippen MR) is 213 cm³/mol. The smallest absolute Gasteiger partial charge is 0.290 e. The number of carbonyl (C=O) groups is 7. The van der Waals surface area contributed by atoms with E-state index in [-0.39, 0.29) is 24.9 Å². The van der Waals surface area contributed by atoms with Gasteiger partial charge < -0.3 is 46.1 Å². The quantitative estimate of drug-likeness (QED) is 0.138. The number of hydrogen-bond donors (Lipinski definition) is 5. The number of primary amides is 1. The number of ether oxygens (including phenoxy) is 3. The first-order valence-corrected chi connectivity index (χ1v) is 20.0. The molecule has 18 heteroatoms. The summed E-state index contributed by atoms with van der Waals surface area (Å²) in [6, 6.07) is 2.29. The molecule has 2 aromatic rings. The number of benzene rings is 2. The van der Waals surface area contributed by atoms with E-state index in [2.05, 4.69) is 21.3 Å². The fourth-order valence-corrected chi connectivity index (χ4v) is 7.59. The van der Waals surface area contributed by atoms with Crippen LogP contribution < -0.4 is 36.5 Å². The minimum absolute atomic E-state index is 0.00170. The minimum Gasteiger partial charge on any atom is -0.497 e. The topological polar surface area (TPSA) is 225 Å². The number of methoxy groups -OCH3 is 2. The molecule has 1 saturated carbocycles. The molecular weight excluding hydrogens is 786 g/mol. The van der Waals surface area contributed by atoms with Gasteiger partial charge in [0.15, 0.2) is 0 Å². The van der Waals surface area contributed by atoms with E-state index in [9.17, 15) is 42.3 Å². The molecule has 6 N–H and O–H groups in total. The molecule has 1 heterocycles. The van der Waals surface area contributed by atoms with Crippen molar-refractivity contribution in [3.8, 4) is 11.5 Å². The summed E-state index contributed by atoms with van der Waals surface area (Å²) in [5.74, 6) is -8.55. The van der Waals surface area contributed by atoms with Gasteiger partial charge in [0.2, 0.25) is 29.4 Å². The number of ketones is 1. The van der Waals surface area contributed by atoms with Gasteiger partial charge in [-0.25, -0.2) is 8.78 Å². The van der Waals surface area contributed by atoms with Crippen molar-refractivity contribution in [2.75, 3.05) is 27.3 Å². The van der Waals surface area contributed by atoms with E-state index in [4.69, 9.17) is 19.9 Å². The summed E-state index contributed by atoms with van der Waals surface area (Å²) < 4.78 is 46.0. The highest BCUT2D eigenvalue weighted by Crippen LogP contribution is 2.32. The van der Waals surface area contributed by atoms with Crippen LogP contribution in [0.4, 0.5) is 8.78 Å². The molecule has 0 spiro atoms. The Morgan fingerprint density at radius 2 is 1.52 bits per heavy atom. The zero-order valence-corrected chi connectivity index (χ0v) is 34.9. The van der Waals surface area contributed by atoms with Crippen LogP contribution in [0.2, 0.25) is 0 Å². The van der Waals surface area contributed by atoms with E-state index >= 15 is 0 Å². The Morgan fingerprint density at radius 3 is 2.07 bits per heavy atom. The largest absolute Gasteiger partial charge is 0.497 e. The fourth-order valence-electron chi connectivity index (χ4n) is 7.59. The van der Waals surface area contributed by atoms with E-state index < -0.39 is 107 Å². The second-order valence-corrected chi connectivity index (χ2v) is 16.0. The SMILES string of the molecule is CCCC(NC(=O)C1CC(OC(C)(C)C)CN1C(=O)C(NC(=O)c1c(F)cccc1F)C1CCCCC1)C(=O)C(=O)NCC(=O)NC(C(N)=O)c1cc(OC)cc(OC)c1. The monoisotopic (exact) mass is 842 g/mol. The molecule has 1 saturated heterocycles. The summed E-state index contributed by atoms with van der Waals surface area (Å²) in [6.45, 7) is 6.34. The average molecular weight is 843 g/mol. The lowest BCUT2D eigenvalue weighted by atomic mass is 9.83. The van der Waals surface area contributed by atoms with Crippen LogP contribution in [0.5, 0.6) is 11.5 Å². The standard InChI is InChI=1S/C42H56F2N6O10/c1-7-12-30(36(52)40(56)46-21-32(51)48-34(37(45)53)24-17-25(58-5)19-26(18-24)59-6)47-38(54)31-20-27(60-42(2,3)4)22-50(31)41(57)35(23-13-9-8-10-14-23)49-39(55)33-28(43)15-11-16-29(33)44/h11,15-19,23,27,30-31,34-35H,7-10,12-14,20-22H2,1-6H3,(H2,45,53)(H,46,56)(H,47,54)(H,48,51)(H,49,55). The van der Waals surface area contributed by atoms with E-state index in [1.807, 2.05) is 0 Å². The maximum atomic E-state index is 14.7. The maximum Gasteiger partial charge on any atom is 0.290 e. The van der Waals surface area contributed by atoms with E-state index in [1.54, 1.807) is 33.8 Å². The number of halogens is 2. The number of carbonyl (C=O) groups excluding carboxylic acids is 7. The zero-order chi connectivity index (χ0) is 44.3. The van der Waals surface area contributed by atoms with Gasteiger partial charge in [-0.2, -0.15) is 0 Å². The molecule has 60 heavy (non-hydrogen) atoms. The highest BCUT2D eigenvalue weighted by atomic mass is 19.1. The summed E-state index contributed by atoms with van der Waals surface area (Å²) in [4.78, 5) is 95.2. The van der Waals surface area contributed by atoms with Gasteiger partial charge >= 0.3 is 0 Å². The molecule has 5 atom stereocenters. The number of nitrogens with one attached hydrogen (secondary N) is 4. The normalized spacial score (nSPS) is 18.4. The zero-order valence-electron chi connectivity index (χ0n) is 34.9. The van der Waals surface area contributed by atoms with E-state index in [0.717, 1.165) is 37.5 Å². The second-order valence-electron chi connectivity index (χ2n) is 16.0. The van der Waals surface area contributed by atoms with Gasteiger partial charge in [-0.15, -0.1) is 0 Å². The van der Waals surface area contributed by atoms with E-state index in [0.29, 0.717) is 30.8 Å². The fraction of sp³-hybridized carbons (Fsp3) is 0.548. The van der Waals surface area contributed by atoms with Crippen LogP contribution in [0, 0.1) is 17.6 Å². The van der Waals surface area contributed by atoms with Gasteiger partial charge in [-0.1, -0.05) is 38.7 Å². The van der Waals surface area contributed by atoms with Crippen molar-refractivity contribution in [3.63, 3.8) is 0 Å². The molecule has 2 aromatic carbocycles. The predicted octanol–water partition coefficient (Wildman–Crippen LogP) is 2.76. The molecule has 0 bridgehead atoms. The number of Topliss-reactive ketones (excluding diaryl/α,β-unsaturated/α-hetero) is 1. The third-order valence-electron chi connectivity index (χ3n) is 10.4. The maximum absolute atomic E-state index is 14.7. The van der Waals surface area contributed by atoms with Crippen molar-refractivity contribution < 1.29 is 56.6 Å². The molecule has 0 aromatic heterocycles. The first-order chi connectivity index (χ1) is 28.4. The van der Waals surface area contributed by atoms with E-state index in [1.165, 1.54) is 31.3 Å². The van der Waals surface area contributed by atoms with Crippen molar-refractivity contribution in [1.29, 1.82) is 0 Å². The molecule has 0 radical (unpaired) electrons. The Morgan fingerprint density at radius 1 is 0.900 bits per heavy atom. The lowest BCUT2D eigenvalue weighted by Crippen LogP contribution is -2.58. The summed E-state index contributed by atoms with van der Waals surface area (Å²) in [5.41, 5.74) is 4.27. The number of hydrogen-bond acceptors (Lipinski definition) is 10. The summed E-state index contributed by atoms with van der Waals surface area (Å²) >= 11 is 0. The number of nitrogens with two attached hydrogens (primary N) is 1. The van der Waals surface area contributed by atoms with Gasteiger partial charge in [0.05, 0.1) is 38.5 Å². The lowest BCUT2D eigenvalue weighted by Gasteiger charge is -2.35.